The number of carbonyl (C=O) groups is 1. The van der Waals surface area contributed by atoms with Crippen molar-refractivity contribution >= 4 is 44.6 Å². The number of hydrogen-bond acceptors (Lipinski definition) is 5. The third kappa shape index (κ3) is 6.09. The van der Waals surface area contributed by atoms with E-state index in [1.54, 1.807) is 32.6 Å². The van der Waals surface area contributed by atoms with E-state index in [-0.39, 0.29) is 34.9 Å². The van der Waals surface area contributed by atoms with E-state index in [1.165, 1.54) is 30.3 Å². The largest absolute Gasteiger partial charge is 0.494 e. The lowest BCUT2D eigenvalue weighted by atomic mass is 10.0. The van der Waals surface area contributed by atoms with Crippen LogP contribution in [0.2, 0.25) is 0 Å². The lowest BCUT2D eigenvalue weighted by Crippen LogP contribution is -2.44. The van der Waals surface area contributed by atoms with Gasteiger partial charge in [-0.25, -0.2) is 18.0 Å². The van der Waals surface area contributed by atoms with Crippen molar-refractivity contribution in [2.75, 3.05) is 18.1 Å². The molecule has 0 aliphatic carbocycles. The first kappa shape index (κ1) is 29.3. The van der Waals surface area contributed by atoms with Crippen LogP contribution in [0, 0.1) is 6.57 Å². The molecule has 1 N–H and O–H groups in total. The number of thiocarbonyl (C=S) groups is 1. The summed E-state index contributed by atoms with van der Waals surface area (Å²) in [7, 11) is -3.62. The fraction of sp³-hybridized carbons (Fsp3) is 0.400. The minimum atomic E-state index is -4.76. The molecule has 0 spiro atoms. The molecule has 8 nitrogen and oxygen atoms in total. The Hall–Kier alpha value is -3.21. The summed E-state index contributed by atoms with van der Waals surface area (Å²) in [6.45, 7) is 14.2. The predicted octanol–water partition coefficient (Wildman–Crippen LogP) is 5.12. The molecule has 1 amide bonds. The summed E-state index contributed by atoms with van der Waals surface area (Å²) in [5.74, 6) is -0.0343. The second-order valence-corrected chi connectivity index (χ2v) is 11.5. The predicted molar refractivity (Wildman–Crippen MR) is 141 cm³/mol. The van der Waals surface area contributed by atoms with Crippen molar-refractivity contribution in [3.8, 4) is 5.75 Å². The van der Waals surface area contributed by atoms with Gasteiger partial charge in [0.25, 0.3) is 5.91 Å². The van der Waals surface area contributed by atoms with Crippen molar-refractivity contribution in [2.24, 2.45) is 0 Å². The molecule has 0 unspecified atom stereocenters. The summed E-state index contributed by atoms with van der Waals surface area (Å²) >= 11 is 5.48. The molecule has 1 heterocycles. The van der Waals surface area contributed by atoms with Gasteiger partial charge in [0.1, 0.15) is 11.3 Å². The van der Waals surface area contributed by atoms with E-state index in [2.05, 4.69) is 9.57 Å². The SMILES string of the molecule is [C-]#[N+]c1ccc(N2C(=O)C(C)(C)N(CCCOc3ccc(S(=O)(=O)NC(C)C)cc3)C2=S)cc1C(F)(F)F. The Balaban J connectivity index is 1.68. The van der Waals surface area contributed by atoms with Gasteiger partial charge in [-0.3, -0.25) is 9.69 Å². The van der Waals surface area contributed by atoms with Gasteiger partial charge >= 0.3 is 6.18 Å². The van der Waals surface area contributed by atoms with Crippen LogP contribution in [0.3, 0.4) is 0 Å². The minimum absolute atomic E-state index is 0.0518. The monoisotopic (exact) mass is 568 g/mol. The number of ether oxygens (including phenoxy) is 1. The first-order valence-electron chi connectivity index (χ1n) is 11.6. The third-order valence-electron chi connectivity index (χ3n) is 5.81. The van der Waals surface area contributed by atoms with E-state index in [1.807, 2.05) is 0 Å². The van der Waals surface area contributed by atoms with E-state index >= 15 is 0 Å². The molecule has 1 saturated heterocycles. The van der Waals surface area contributed by atoms with E-state index in [0.29, 0.717) is 12.2 Å². The van der Waals surface area contributed by atoms with Crippen LogP contribution in [0.15, 0.2) is 47.4 Å². The maximum absolute atomic E-state index is 13.5. The van der Waals surface area contributed by atoms with Gasteiger partial charge in [0.15, 0.2) is 10.8 Å². The van der Waals surface area contributed by atoms with Gasteiger partial charge in [0.05, 0.1) is 23.6 Å². The molecule has 2 aromatic carbocycles. The molecule has 1 aliphatic rings. The molecular formula is C25H27F3N4O4S2. The van der Waals surface area contributed by atoms with Crippen molar-refractivity contribution < 1.29 is 31.1 Å². The number of benzene rings is 2. The van der Waals surface area contributed by atoms with Crippen LogP contribution in [0.5, 0.6) is 5.75 Å². The van der Waals surface area contributed by atoms with E-state index in [4.69, 9.17) is 23.5 Å². The number of hydrogen-bond donors (Lipinski definition) is 1. The number of carbonyl (C=O) groups excluding carboxylic acids is 1. The van der Waals surface area contributed by atoms with Crippen molar-refractivity contribution in [3.05, 3.63) is 59.4 Å². The maximum atomic E-state index is 13.5. The molecule has 1 fully saturated rings. The lowest BCUT2D eigenvalue weighted by Gasteiger charge is -2.29. The summed E-state index contributed by atoms with van der Waals surface area (Å²) in [4.78, 5) is 18.9. The summed E-state index contributed by atoms with van der Waals surface area (Å²) < 4.78 is 73.1. The van der Waals surface area contributed by atoms with E-state index in [9.17, 15) is 26.4 Å². The molecule has 204 valence electrons. The van der Waals surface area contributed by atoms with Crippen LogP contribution in [0.25, 0.3) is 4.85 Å². The molecule has 0 saturated carbocycles. The van der Waals surface area contributed by atoms with Gasteiger partial charge in [-0.15, -0.1) is 0 Å². The van der Waals surface area contributed by atoms with Gasteiger partial charge in [0.2, 0.25) is 10.0 Å². The third-order valence-corrected chi connectivity index (χ3v) is 7.88. The summed E-state index contributed by atoms with van der Waals surface area (Å²) in [6.07, 6.45) is -4.34. The summed E-state index contributed by atoms with van der Waals surface area (Å²) in [6, 6.07) is 8.76. The molecule has 2 aromatic rings. The Kier molecular flexibility index (Phi) is 8.40. The molecule has 38 heavy (non-hydrogen) atoms. The van der Waals surface area contributed by atoms with Crippen molar-refractivity contribution in [1.29, 1.82) is 0 Å². The fourth-order valence-corrected chi connectivity index (χ4v) is 5.69. The quantitative estimate of drug-likeness (QED) is 0.257. The average Bonchev–Trinajstić information content (AvgIpc) is 2.99. The van der Waals surface area contributed by atoms with Gasteiger partial charge in [-0.2, -0.15) is 13.2 Å². The summed E-state index contributed by atoms with van der Waals surface area (Å²) in [5, 5.41) is 0.0518. The highest BCUT2D eigenvalue weighted by Crippen LogP contribution is 2.40. The van der Waals surface area contributed by atoms with Crippen LogP contribution in [-0.4, -0.2) is 49.1 Å². The Morgan fingerprint density at radius 1 is 1.16 bits per heavy atom. The number of rotatable bonds is 9. The standard InChI is InChI=1S/C25H27F3N4O4S2/c1-16(2)30-38(34,35)19-10-8-18(9-11-19)36-14-6-13-31-23(37)32(22(33)24(31,3)4)17-7-12-21(29-5)20(15-17)25(26,27)28/h7-12,15-16,30H,6,13-14H2,1-4H3. The average molecular weight is 569 g/mol. The fourth-order valence-electron chi connectivity index (χ4n) is 3.93. The molecule has 0 aromatic heterocycles. The van der Waals surface area contributed by atoms with Crippen molar-refractivity contribution in [3.63, 3.8) is 0 Å². The number of amides is 1. The molecule has 3 rings (SSSR count). The number of anilines is 1. The maximum Gasteiger partial charge on any atom is 0.407 e. The highest BCUT2D eigenvalue weighted by atomic mass is 32.2. The minimum Gasteiger partial charge on any atom is -0.494 e. The first-order chi connectivity index (χ1) is 17.6. The molecular weight excluding hydrogens is 541 g/mol. The number of alkyl halides is 3. The Morgan fingerprint density at radius 3 is 2.34 bits per heavy atom. The van der Waals surface area contributed by atoms with E-state index in [0.717, 1.165) is 17.0 Å². The molecule has 0 bridgehead atoms. The van der Waals surface area contributed by atoms with Gasteiger partial charge in [-0.05, 0) is 82.7 Å². The number of nitrogens with one attached hydrogen (secondary N) is 1. The highest BCUT2D eigenvalue weighted by Gasteiger charge is 2.49. The summed E-state index contributed by atoms with van der Waals surface area (Å²) in [5.41, 5.74) is -2.88. The van der Waals surface area contributed by atoms with Crippen LogP contribution in [-0.2, 0) is 21.0 Å². The number of nitrogens with zero attached hydrogens (tertiary/aromatic N) is 3. The Bertz CT molecular complexity index is 1370. The molecule has 0 atom stereocenters. The van der Waals surface area contributed by atoms with Crippen molar-refractivity contribution in [1.82, 2.24) is 9.62 Å². The van der Waals surface area contributed by atoms with Gasteiger partial charge < -0.3 is 9.64 Å². The first-order valence-corrected chi connectivity index (χ1v) is 13.5. The second-order valence-electron chi connectivity index (χ2n) is 9.39. The lowest BCUT2D eigenvalue weighted by molar-refractivity contribution is -0.136. The normalized spacial score (nSPS) is 15.8. The zero-order valence-corrected chi connectivity index (χ0v) is 22.8. The van der Waals surface area contributed by atoms with Crippen LogP contribution in [0.1, 0.15) is 39.7 Å². The molecule has 1 aliphatic heterocycles. The second kappa shape index (κ2) is 10.9. The van der Waals surface area contributed by atoms with E-state index < -0.39 is 38.9 Å². The Labute approximate surface area is 225 Å². The van der Waals surface area contributed by atoms with Crippen LogP contribution >= 0.6 is 12.2 Å². The number of halogens is 3. The van der Waals surface area contributed by atoms with Crippen molar-refractivity contribution in [2.45, 2.75) is 56.8 Å². The number of sulfonamides is 1. The van der Waals surface area contributed by atoms with Crippen LogP contribution in [0.4, 0.5) is 24.5 Å². The van der Waals surface area contributed by atoms with Gasteiger partial charge in [0, 0.05) is 18.3 Å². The highest BCUT2D eigenvalue weighted by molar-refractivity contribution is 7.89. The molecule has 13 heteroatoms. The zero-order valence-electron chi connectivity index (χ0n) is 21.2. The topological polar surface area (TPSA) is 83.3 Å². The smallest absolute Gasteiger partial charge is 0.407 e. The zero-order chi connectivity index (χ0) is 28.5. The van der Waals surface area contributed by atoms with Crippen LogP contribution < -0.4 is 14.4 Å². The Morgan fingerprint density at radius 2 is 1.79 bits per heavy atom. The molecule has 0 radical (unpaired) electrons. The van der Waals surface area contributed by atoms with Gasteiger partial charge in [-0.1, -0.05) is 6.07 Å².